The molecule has 3 fully saturated rings. The predicted octanol–water partition coefficient (Wildman–Crippen LogP) is 0.708. The largest absolute Gasteiger partial charge is 0.469 e. The molecule has 2 saturated carbocycles. The molecule has 0 aromatic heterocycles. The first-order valence-electron chi connectivity index (χ1n) is 6.14. The number of hydrogen-bond acceptors (Lipinski definition) is 4. The molecule has 90 valence electrons. The third-order valence-electron chi connectivity index (χ3n) is 5.04. The summed E-state index contributed by atoms with van der Waals surface area (Å²) in [5, 5.41) is 0. The SMILES string of the molecule is COC(=O)[C@@]12C[C@H]3O[C@H]3C(=O)[C@@H]1[C@@H]1C=C[C@H]2C1. The smallest absolute Gasteiger partial charge is 0.313 e. The number of hydrogen-bond donors (Lipinski definition) is 0. The van der Waals surface area contributed by atoms with E-state index in [0.29, 0.717) is 6.42 Å². The zero-order chi connectivity index (χ0) is 11.8. The van der Waals surface area contributed by atoms with Crippen molar-refractivity contribution in [1.82, 2.24) is 0 Å². The van der Waals surface area contributed by atoms with Crippen LogP contribution in [-0.4, -0.2) is 31.1 Å². The minimum atomic E-state index is -0.622. The number of fused-ring (bicyclic) bond motifs is 6. The highest BCUT2D eigenvalue weighted by Crippen LogP contribution is 2.64. The fraction of sp³-hybridized carbons (Fsp3) is 0.692. The number of methoxy groups -OCH3 is 1. The van der Waals surface area contributed by atoms with Crippen LogP contribution in [0, 0.1) is 23.2 Å². The van der Waals surface area contributed by atoms with Crippen molar-refractivity contribution >= 4 is 11.8 Å². The molecule has 0 spiro atoms. The summed E-state index contributed by atoms with van der Waals surface area (Å²) >= 11 is 0. The van der Waals surface area contributed by atoms with E-state index in [4.69, 9.17) is 9.47 Å². The van der Waals surface area contributed by atoms with Gasteiger partial charge in [-0.05, 0) is 24.7 Å². The monoisotopic (exact) mass is 234 g/mol. The Bertz CT molecular complexity index is 454. The lowest BCUT2D eigenvalue weighted by atomic mass is 9.60. The molecule has 4 heteroatoms. The molecule has 0 N–H and O–H groups in total. The lowest BCUT2D eigenvalue weighted by molar-refractivity contribution is -0.163. The predicted molar refractivity (Wildman–Crippen MR) is 57.0 cm³/mol. The first-order valence-corrected chi connectivity index (χ1v) is 6.14. The van der Waals surface area contributed by atoms with Crippen LogP contribution in [0.2, 0.25) is 0 Å². The van der Waals surface area contributed by atoms with Crippen LogP contribution < -0.4 is 0 Å². The zero-order valence-electron chi connectivity index (χ0n) is 9.59. The summed E-state index contributed by atoms with van der Waals surface area (Å²) in [6.45, 7) is 0. The summed E-state index contributed by atoms with van der Waals surface area (Å²) in [6.07, 6.45) is 5.50. The number of Topliss-reactive ketones (excluding diaryl/α,β-unsaturated/α-hetero) is 1. The van der Waals surface area contributed by atoms with E-state index in [1.54, 1.807) is 0 Å². The third-order valence-corrected chi connectivity index (χ3v) is 5.04. The van der Waals surface area contributed by atoms with Gasteiger partial charge in [-0.1, -0.05) is 12.2 Å². The molecule has 3 aliphatic carbocycles. The Morgan fingerprint density at radius 3 is 3.12 bits per heavy atom. The normalized spacial score (nSPS) is 53.2. The van der Waals surface area contributed by atoms with Gasteiger partial charge in [0.15, 0.2) is 5.78 Å². The molecule has 0 unspecified atom stereocenters. The molecular formula is C13H14O4. The second kappa shape index (κ2) is 2.80. The number of esters is 1. The number of ether oxygens (including phenoxy) is 2. The van der Waals surface area contributed by atoms with Gasteiger partial charge in [-0.15, -0.1) is 0 Å². The third kappa shape index (κ3) is 0.947. The average molecular weight is 234 g/mol. The summed E-state index contributed by atoms with van der Waals surface area (Å²) in [7, 11) is 1.41. The Labute approximate surface area is 99.0 Å². The Balaban J connectivity index is 1.85. The van der Waals surface area contributed by atoms with Crippen molar-refractivity contribution in [2.24, 2.45) is 23.2 Å². The highest BCUT2D eigenvalue weighted by atomic mass is 16.6. The summed E-state index contributed by atoms with van der Waals surface area (Å²) in [5.41, 5.74) is -0.622. The lowest BCUT2D eigenvalue weighted by Crippen LogP contribution is -2.51. The van der Waals surface area contributed by atoms with Crippen molar-refractivity contribution in [1.29, 1.82) is 0 Å². The van der Waals surface area contributed by atoms with Gasteiger partial charge in [0.25, 0.3) is 0 Å². The molecule has 4 aliphatic rings. The van der Waals surface area contributed by atoms with Gasteiger partial charge >= 0.3 is 5.97 Å². The summed E-state index contributed by atoms with van der Waals surface area (Å²) in [5.74, 6) is 0.0923. The minimum Gasteiger partial charge on any atom is -0.469 e. The topological polar surface area (TPSA) is 55.9 Å². The van der Waals surface area contributed by atoms with E-state index in [1.807, 2.05) is 0 Å². The van der Waals surface area contributed by atoms with Gasteiger partial charge in [0, 0.05) is 5.92 Å². The molecule has 6 atom stereocenters. The number of rotatable bonds is 1. The average Bonchev–Trinajstić information content (AvgIpc) is 2.83. The Morgan fingerprint density at radius 2 is 2.35 bits per heavy atom. The number of carbonyl (C=O) groups excluding carboxylic acids is 2. The number of carbonyl (C=O) groups is 2. The molecule has 1 aliphatic heterocycles. The highest BCUT2D eigenvalue weighted by Gasteiger charge is 2.72. The maximum atomic E-state index is 12.3. The van der Waals surface area contributed by atoms with Crippen molar-refractivity contribution in [2.75, 3.05) is 7.11 Å². The molecule has 0 aromatic carbocycles. The van der Waals surface area contributed by atoms with Crippen LogP contribution in [0.4, 0.5) is 0 Å². The molecule has 0 radical (unpaired) electrons. The Kier molecular flexibility index (Phi) is 1.62. The van der Waals surface area contributed by atoms with Crippen LogP contribution in [0.5, 0.6) is 0 Å². The maximum Gasteiger partial charge on any atom is 0.313 e. The molecule has 1 heterocycles. The maximum absolute atomic E-state index is 12.3. The van der Waals surface area contributed by atoms with Crippen LogP contribution >= 0.6 is 0 Å². The van der Waals surface area contributed by atoms with E-state index < -0.39 is 5.41 Å². The van der Waals surface area contributed by atoms with Crippen LogP contribution in [0.1, 0.15) is 12.8 Å². The van der Waals surface area contributed by atoms with E-state index in [-0.39, 0.29) is 41.7 Å². The molecule has 17 heavy (non-hydrogen) atoms. The van der Waals surface area contributed by atoms with Gasteiger partial charge in [-0.2, -0.15) is 0 Å². The molecule has 1 saturated heterocycles. The fourth-order valence-electron chi connectivity index (χ4n) is 4.32. The zero-order valence-corrected chi connectivity index (χ0v) is 9.59. The molecular weight excluding hydrogens is 220 g/mol. The molecule has 2 bridgehead atoms. The highest BCUT2D eigenvalue weighted by molar-refractivity contribution is 5.97. The summed E-state index contributed by atoms with van der Waals surface area (Å²) in [6, 6.07) is 0. The standard InChI is InChI=1S/C13H14O4/c1-16-12(15)13-5-8-11(17-8)10(14)9(13)6-2-3-7(13)4-6/h2-3,6-9,11H,4-5H2,1H3/t6-,7+,8-,9+,11-,13-/m1/s1. The van der Waals surface area contributed by atoms with Crippen LogP contribution in [-0.2, 0) is 19.1 Å². The van der Waals surface area contributed by atoms with Gasteiger partial charge in [-0.25, -0.2) is 0 Å². The number of epoxide rings is 1. The van der Waals surface area contributed by atoms with Gasteiger partial charge in [0.05, 0.1) is 18.6 Å². The first-order chi connectivity index (χ1) is 8.18. The number of allylic oxidation sites excluding steroid dienone is 2. The van der Waals surface area contributed by atoms with Crippen molar-refractivity contribution < 1.29 is 19.1 Å². The van der Waals surface area contributed by atoms with E-state index >= 15 is 0 Å². The fourth-order valence-corrected chi connectivity index (χ4v) is 4.32. The van der Waals surface area contributed by atoms with E-state index in [1.165, 1.54) is 7.11 Å². The first kappa shape index (κ1) is 9.83. The second-order valence-corrected chi connectivity index (χ2v) is 5.60. The number of ketones is 1. The molecule has 4 nitrogen and oxygen atoms in total. The quantitative estimate of drug-likeness (QED) is 0.381. The van der Waals surface area contributed by atoms with Crippen molar-refractivity contribution in [2.45, 2.75) is 25.0 Å². The van der Waals surface area contributed by atoms with E-state index in [2.05, 4.69) is 12.2 Å². The molecule has 0 aromatic rings. The Hall–Kier alpha value is -1.16. The summed E-state index contributed by atoms with van der Waals surface area (Å²) in [4.78, 5) is 24.5. The van der Waals surface area contributed by atoms with Crippen molar-refractivity contribution in [3.8, 4) is 0 Å². The van der Waals surface area contributed by atoms with Gasteiger partial charge in [0.1, 0.15) is 6.10 Å². The van der Waals surface area contributed by atoms with Gasteiger partial charge < -0.3 is 9.47 Å². The summed E-state index contributed by atoms with van der Waals surface area (Å²) < 4.78 is 10.4. The van der Waals surface area contributed by atoms with Gasteiger partial charge in [-0.3, -0.25) is 9.59 Å². The van der Waals surface area contributed by atoms with Crippen molar-refractivity contribution in [3.63, 3.8) is 0 Å². The van der Waals surface area contributed by atoms with Crippen molar-refractivity contribution in [3.05, 3.63) is 12.2 Å². The Morgan fingerprint density at radius 1 is 1.53 bits per heavy atom. The molecule has 0 amide bonds. The van der Waals surface area contributed by atoms with Crippen LogP contribution in [0.15, 0.2) is 12.2 Å². The minimum absolute atomic E-state index is 0.0365. The molecule has 4 rings (SSSR count). The van der Waals surface area contributed by atoms with Gasteiger partial charge in [0.2, 0.25) is 0 Å². The second-order valence-electron chi connectivity index (χ2n) is 5.60. The van der Waals surface area contributed by atoms with Crippen LogP contribution in [0.3, 0.4) is 0 Å². The van der Waals surface area contributed by atoms with E-state index in [9.17, 15) is 9.59 Å². The van der Waals surface area contributed by atoms with Crippen LogP contribution in [0.25, 0.3) is 0 Å². The lowest BCUT2D eigenvalue weighted by Gasteiger charge is -2.40. The van der Waals surface area contributed by atoms with E-state index in [0.717, 1.165) is 6.42 Å².